The van der Waals surface area contributed by atoms with Crippen molar-refractivity contribution in [3.05, 3.63) is 34.3 Å². The molecule has 1 heterocycles. The number of benzene rings is 1. The van der Waals surface area contributed by atoms with E-state index in [0.717, 1.165) is 5.56 Å². The number of nitrogens with zero attached hydrogens (tertiary/aromatic N) is 1. The number of nitrogens with one attached hydrogen (secondary N) is 1. The van der Waals surface area contributed by atoms with Crippen LogP contribution in [-0.4, -0.2) is 30.0 Å². The molecule has 0 bridgehead atoms. The highest BCUT2D eigenvalue weighted by Gasteiger charge is 2.40. The van der Waals surface area contributed by atoms with E-state index >= 15 is 0 Å². The maximum Gasteiger partial charge on any atom is 0.391 e. The number of alkyl halides is 3. The number of amidine groups is 1. The average molecular weight is 320 g/mol. The van der Waals surface area contributed by atoms with Gasteiger partial charge in [-0.25, -0.2) is 0 Å². The molecule has 3 N–H and O–H groups in total. The van der Waals surface area contributed by atoms with Crippen molar-refractivity contribution in [3.8, 4) is 0 Å². The van der Waals surface area contributed by atoms with Crippen LogP contribution in [0, 0.1) is 11.3 Å². The fourth-order valence-corrected chi connectivity index (χ4v) is 2.74. The molecule has 116 valence electrons. The zero-order valence-corrected chi connectivity index (χ0v) is 12.1. The van der Waals surface area contributed by atoms with Crippen LogP contribution in [-0.2, 0) is 6.54 Å². The number of nitrogens with two attached hydrogens (primary N) is 1. The average Bonchev–Trinajstić information content (AvgIpc) is 2.40. The van der Waals surface area contributed by atoms with E-state index in [0.29, 0.717) is 30.2 Å². The molecule has 0 spiro atoms. The molecular weight excluding hydrogens is 303 g/mol. The number of nitrogen functional groups attached to an aromatic ring is 1. The zero-order valence-electron chi connectivity index (χ0n) is 11.4. The summed E-state index contributed by atoms with van der Waals surface area (Å²) in [5.41, 5.74) is 6.76. The van der Waals surface area contributed by atoms with Crippen molar-refractivity contribution in [1.82, 2.24) is 4.90 Å². The minimum atomic E-state index is -4.09. The zero-order chi connectivity index (χ0) is 15.6. The van der Waals surface area contributed by atoms with Gasteiger partial charge in [0.05, 0.1) is 5.92 Å². The van der Waals surface area contributed by atoms with E-state index in [2.05, 4.69) is 0 Å². The lowest BCUT2D eigenvalue weighted by Gasteiger charge is -2.33. The van der Waals surface area contributed by atoms with Crippen LogP contribution >= 0.6 is 11.6 Å². The van der Waals surface area contributed by atoms with Gasteiger partial charge in [0.1, 0.15) is 5.84 Å². The third kappa shape index (κ3) is 4.11. The van der Waals surface area contributed by atoms with Crippen LogP contribution in [0.25, 0.3) is 0 Å². The summed E-state index contributed by atoms with van der Waals surface area (Å²) in [6.45, 7) is 1.34. The highest BCUT2D eigenvalue weighted by molar-refractivity contribution is 6.31. The first-order chi connectivity index (χ1) is 9.77. The van der Waals surface area contributed by atoms with Gasteiger partial charge < -0.3 is 5.73 Å². The van der Waals surface area contributed by atoms with Crippen molar-refractivity contribution in [2.75, 3.05) is 13.1 Å². The molecule has 1 fully saturated rings. The van der Waals surface area contributed by atoms with Gasteiger partial charge in [-0.15, -0.1) is 0 Å². The Labute approximate surface area is 126 Å². The molecule has 1 aliphatic rings. The van der Waals surface area contributed by atoms with Crippen LogP contribution in [0.15, 0.2) is 18.2 Å². The fraction of sp³-hybridized carbons (Fsp3) is 0.500. The summed E-state index contributed by atoms with van der Waals surface area (Å²) in [5.74, 6) is -1.25. The second-order valence-electron chi connectivity index (χ2n) is 5.31. The highest BCUT2D eigenvalue weighted by Crippen LogP contribution is 2.34. The molecule has 21 heavy (non-hydrogen) atoms. The molecule has 0 unspecified atom stereocenters. The highest BCUT2D eigenvalue weighted by atomic mass is 35.5. The molecule has 0 amide bonds. The number of likely N-dealkylation sites (tertiary alicyclic amines) is 1. The Morgan fingerprint density at radius 3 is 2.43 bits per heavy atom. The van der Waals surface area contributed by atoms with E-state index in [1.165, 1.54) is 0 Å². The van der Waals surface area contributed by atoms with Gasteiger partial charge in [0.25, 0.3) is 0 Å². The van der Waals surface area contributed by atoms with Crippen LogP contribution < -0.4 is 5.73 Å². The summed E-state index contributed by atoms with van der Waals surface area (Å²) >= 11 is 6.14. The van der Waals surface area contributed by atoms with Crippen LogP contribution in [0.5, 0.6) is 0 Å². The Morgan fingerprint density at radius 2 is 1.95 bits per heavy atom. The molecule has 0 aliphatic carbocycles. The second-order valence-corrected chi connectivity index (χ2v) is 5.72. The normalized spacial score (nSPS) is 17.9. The van der Waals surface area contributed by atoms with Gasteiger partial charge >= 0.3 is 6.18 Å². The first-order valence-electron chi connectivity index (χ1n) is 6.69. The number of hydrogen-bond acceptors (Lipinski definition) is 2. The van der Waals surface area contributed by atoms with E-state index in [4.69, 9.17) is 22.7 Å². The Morgan fingerprint density at radius 1 is 1.33 bits per heavy atom. The number of hydrogen-bond donors (Lipinski definition) is 2. The van der Waals surface area contributed by atoms with Crippen molar-refractivity contribution in [2.24, 2.45) is 11.7 Å². The Hall–Kier alpha value is -1.27. The molecule has 7 heteroatoms. The monoisotopic (exact) mass is 319 g/mol. The maximum atomic E-state index is 12.6. The summed E-state index contributed by atoms with van der Waals surface area (Å²) < 4.78 is 37.8. The Kier molecular flexibility index (Phi) is 4.78. The lowest BCUT2D eigenvalue weighted by molar-refractivity contribution is -0.185. The molecule has 0 aromatic heterocycles. The molecule has 1 aliphatic heterocycles. The van der Waals surface area contributed by atoms with Crippen molar-refractivity contribution < 1.29 is 13.2 Å². The fourth-order valence-electron chi connectivity index (χ4n) is 2.50. The minimum Gasteiger partial charge on any atom is -0.384 e. The van der Waals surface area contributed by atoms with Gasteiger partial charge in [0, 0.05) is 17.1 Å². The van der Waals surface area contributed by atoms with E-state index in [-0.39, 0.29) is 18.7 Å². The van der Waals surface area contributed by atoms with Crippen molar-refractivity contribution in [1.29, 1.82) is 5.41 Å². The summed E-state index contributed by atoms with van der Waals surface area (Å²) in [4.78, 5) is 1.97. The van der Waals surface area contributed by atoms with Crippen molar-refractivity contribution in [3.63, 3.8) is 0 Å². The first kappa shape index (κ1) is 16.1. The lowest BCUT2D eigenvalue weighted by Crippen LogP contribution is -2.38. The van der Waals surface area contributed by atoms with Gasteiger partial charge in [-0.2, -0.15) is 13.2 Å². The Bertz CT molecular complexity index is 523. The molecule has 1 aromatic rings. The largest absolute Gasteiger partial charge is 0.391 e. The molecule has 0 atom stereocenters. The third-order valence-electron chi connectivity index (χ3n) is 3.81. The van der Waals surface area contributed by atoms with Crippen LogP contribution in [0.4, 0.5) is 13.2 Å². The molecule has 2 rings (SSSR count). The third-order valence-corrected chi connectivity index (χ3v) is 4.16. The second kappa shape index (κ2) is 6.23. The van der Waals surface area contributed by atoms with Crippen LogP contribution in [0.1, 0.15) is 24.0 Å². The molecule has 0 saturated carbocycles. The minimum absolute atomic E-state index is 0.0607. The van der Waals surface area contributed by atoms with Crippen LogP contribution in [0.2, 0.25) is 5.02 Å². The smallest absolute Gasteiger partial charge is 0.384 e. The number of rotatable bonds is 3. The molecule has 1 aromatic carbocycles. The summed E-state index contributed by atoms with van der Waals surface area (Å²) in [6, 6.07) is 5.09. The van der Waals surface area contributed by atoms with E-state index < -0.39 is 12.1 Å². The van der Waals surface area contributed by atoms with E-state index in [1.54, 1.807) is 18.2 Å². The van der Waals surface area contributed by atoms with Gasteiger partial charge in [-0.1, -0.05) is 23.7 Å². The van der Waals surface area contributed by atoms with Gasteiger partial charge in [0.2, 0.25) is 0 Å². The predicted molar refractivity (Wildman–Crippen MR) is 76.5 cm³/mol. The predicted octanol–water partition coefficient (Wildman–Crippen LogP) is 3.40. The summed E-state index contributed by atoms with van der Waals surface area (Å²) in [6.07, 6.45) is -3.83. The van der Waals surface area contributed by atoms with Crippen LogP contribution in [0.3, 0.4) is 0 Å². The SMILES string of the molecule is N=C(N)c1ccc(CN2CCC(C(F)(F)F)CC2)c(Cl)c1. The molecule has 3 nitrogen and oxygen atoms in total. The molecule has 0 radical (unpaired) electrons. The summed E-state index contributed by atoms with van der Waals surface area (Å²) in [7, 11) is 0. The standard InChI is InChI=1S/C14H17ClF3N3/c15-12-7-9(13(19)20)1-2-10(12)8-21-5-3-11(4-6-21)14(16,17)18/h1-2,7,11H,3-6,8H2,(H3,19,20). The quantitative estimate of drug-likeness (QED) is 0.662. The summed E-state index contributed by atoms with van der Waals surface area (Å²) in [5, 5.41) is 7.82. The number of piperidine rings is 1. The number of halogens is 4. The van der Waals surface area contributed by atoms with Gasteiger partial charge in [-0.05, 0) is 37.6 Å². The Balaban J connectivity index is 1.96. The lowest BCUT2D eigenvalue weighted by atomic mass is 9.96. The van der Waals surface area contributed by atoms with Gasteiger partial charge in [-0.3, -0.25) is 10.3 Å². The van der Waals surface area contributed by atoms with Crippen molar-refractivity contribution in [2.45, 2.75) is 25.6 Å². The van der Waals surface area contributed by atoms with E-state index in [9.17, 15) is 13.2 Å². The first-order valence-corrected chi connectivity index (χ1v) is 7.07. The van der Waals surface area contributed by atoms with Gasteiger partial charge in [0.15, 0.2) is 0 Å². The molecule has 1 saturated heterocycles. The maximum absolute atomic E-state index is 12.6. The topological polar surface area (TPSA) is 53.1 Å². The van der Waals surface area contributed by atoms with E-state index in [1.807, 2.05) is 4.90 Å². The molecular formula is C14H17ClF3N3. The van der Waals surface area contributed by atoms with Crippen molar-refractivity contribution >= 4 is 17.4 Å².